The second-order valence-electron chi connectivity index (χ2n) is 3.39. The van der Waals surface area contributed by atoms with Crippen molar-refractivity contribution in [2.45, 2.75) is 12.3 Å². The number of benzene rings is 1. The molecule has 0 aromatic heterocycles. The lowest BCUT2D eigenvalue weighted by molar-refractivity contribution is -0.201. The van der Waals surface area contributed by atoms with E-state index in [-0.39, 0.29) is 0 Å². The molecule has 8 heteroatoms. The minimum Gasteiger partial charge on any atom is -0.382 e. The molecule has 1 unspecified atom stereocenters. The summed E-state index contributed by atoms with van der Waals surface area (Å²) in [5.74, 6) is -3.22. The van der Waals surface area contributed by atoms with Crippen LogP contribution in [0.1, 0.15) is 10.4 Å². The summed E-state index contributed by atoms with van der Waals surface area (Å²) in [7, 11) is 0. The minimum atomic E-state index is -4.90. The van der Waals surface area contributed by atoms with E-state index >= 15 is 0 Å². The maximum Gasteiger partial charge on any atom is 0.416 e. The van der Waals surface area contributed by atoms with Crippen molar-refractivity contribution in [1.29, 1.82) is 0 Å². The van der Waals surface area contributed by atoms with Gasteiger partial charge >= 0.3 is 6.18 Å². The SMILES string of the molecule is O=C(NCC(O)C(F)(F)F)c1cc(F)ccc1F. The molecule has 18 heavy (non-hydrogen) atoms. The maximum atomic E-state index is 13.1. The van der Waals surface area contributed by atoms with Crippen LogP contribution in [0.15, 0.2) is 18.2 Å². The van der Waals surface area contributed by atoms with Gasteiger partial charge in [-0.1, -0.05) is 0 Å². The van der Waals surface area contributed by atoms with Gasteiger partial charge < -0.3 is 10.4 Å². The molecule has 1 aromatic rings. The summed E-state index contributed by atoms with van der Waals surface area (Å²) >= 11 is 0. The summed E-state index contributed by atoms with van der Waals surface area (Å²) in [5.41, 5.74) is -0.732. The second-order valence-corrected chi connectivity index (χ2v) is 3.39. The largest absolute Gasteiger partial charge is 0.416 e. The average Bonchev–Trinajstić information content (AvgIpc) is 2.27. The van der Waals surface area contributed by atoms with E-state index in [9.17, 15) is 26.7 Å². The Bertz CT molecular complexity index is 446. The summed E-state index contributed by atoms with van der Waals surface area (Å²) in [4.78, 5) is 11.3. The lowest BCUT2D eigenvalue weighted by Gasteiger charge is -2.15. The predicted molar refractivity (Wildman–Crippen MR) is 50.8 cm³/mol. The molecule has 1 atom stereocenters. The number of aliphatic hydroxyl groups excluding tert-OH is 1. The van der Waals surface area contributed by atoms with Crippen LogP contribution in [0.25, 0.3) is 0 Å². The first kappa shape index (κ1) is 14.4. The van der Waals surface area contributed by atoms with Crippen molar-refractivity contribution in [3.05, 3.63) is 35.4 Å². The van der Waals surface area contributed by atoms with Crippen molar-refractivity contribution >= 4 is 5.91 Å². The van der Waals surface area contributed by atoms with Crippen molar-refractivity contribution in [3.63, 3.8) is 0 Å². The van der Waals surface area contributed by atoms with E-state index in [2.05, 4.69) is 0 Å². The standard InChI is InChI=1S/C10H8F5NO2/c11-5-1-2-7(12)6(3-5)9(18)16-4-8(17)10(13,14)15/h1-3,8,17H,4H2,(H,16,18). The Kier molecular flexibility index (Phi) is 4.23. The molecule has 0 aliphatic carbocycles. The first-order valence-electron chi connectivity index (χ1n) is 4.70. The van der Waals surface area contributed by atoms with Gasteiger partial charge in [0.05, 0.1) is 12.1 Å². The fourth-order valence-electron chi connectivity index (χ4n) is 1.07. The van der Waals surface area contributed by atoms with E-state index in [0.29, 0.717) is 12.1 Å². The summed E-state index contributed by atoms with van der Waals surface area (Å²) in [5, 5.41) is 10.3. The van der Waals surface area contributed by atoms with Crippen molar-refractivity contribution < 1.29 is 31.9 Å². The highest BCUT2D eigenvalue weighted by atomic mass is 19.4. The van der Waals surface area contributed by atoms with Crippen molar-refractivity contribution in [1.82, 2.24) is 5.32 Å². The van der Waals surface area contributed by atoms with Gasteiger partial charge in [-0.15, -0.1) is 0 Å². The van der Waals surface area contributed by atoms with E-state index < -0.39 is 41.9 Å². The number of amides is 1. The topological polar surface area (TPSA) is 49.3 Å². The van der Waals surface area contributed by atoms with Crippen LogP contribution < -0.4 is 5.32 Å². The van der Waals surface area contributed by atoms with Crippen LogP contribution in [-0.2, 0) is 0 Å². The van der Waals surface area contributed by atoms with Crippen LogP contribution in [0.4, 0.5) is 22.0 Å². The normalized spacial score (nSPS) is 13.2. The molecule has 0 saturated heterocycles. The van der Waals surface area contributed by atoms with E-state index in [4.69, 9.17) is 5.11 Å². The molecule has 2 N–H and O–H groups in total. The van der Waals surface area contributed by atoms with Gasteiger partial charge in [-0.3, -0.25) is 4.79 Å². The molecule has 0 spiro atoms. The molecule has 0 fully saturated rings. The number of nitrogens with one attached hydrogen (secondary N) is 1. The Morgan fingerprint density at radius 2 is 1.94 bits per heavy atom. The zero-order chi connectivity index (χ0) is 13.9. The zero-order valence-electron chi connectivity index (χ0n) is 8.76. The molecule has 0 aliphatic heterocycles. The lowest BCUT2D eigenvalue weighted by Crippen LogP contribution is -2.40. The fourth-order valence-corrected chi connectivity index (χ4v) is 1.07. The number of carbonyl (C=O) groups excluding carboxylic acids is 1. The van der Waals surface area contributed by atoms with E-state index in [1.54, 1.807) is 5.32 Å². The van der Waals surface area contributed by atoms with Crippen LogP contribution in [0, 0.1) is 11.6 Å². The van der Waals surface area contributed by atoms with Gasteiger partial charge in [0.2, 0.25) is 0 Å². The summed E-state index contributed by atoms with van der Waals surface area (Å²) in [6.45, 7) is -1.14. The van der Waals surface area contributed by atoms with Crippen LogP contribution in [0.3, 0.4) is 0 Å². The number of alkyl halides is 3. The van der Waals surface area contributed by atoms with Crippen molar-refractivity contribution in [2.75, 3.05) is 6.54 Å². The van der Waals surface area contributed by atoms with Gasteiger partial charge in [-0.2, -0.15) is 13.2 Å². The number of hydrogen-bond acceptors (Lipinski definition) is 2. The molecule has 0 saturated carbocycles. The van der Waals surface area contributed by atoms with Gasteiger partial charge in [-0.05, 0) is 18.2 Å². The number of carbonyl (C=O) groups is 1. The third-order valence-corrected chi connectivity index (χ3v) is 2.01. The molecule has 0 heterocycles. The molecule has 100 valence electrons. The highest BCUT2D eigenvalue weighted by molar-refractivity contribution is 5.94. The van der Waals surface area contributed by atoms with Gasteiger partial charge in [0, 0.05) is 0 Å². The molecule has 1 aromatic carbocycles. The highest BCUT2D eigenvalue weighted by Crippen LogP contribution is 2.19. The van der Waals surface area contributed by atoms with Crippen molar-refractivity contribution in [2.24, 2.45) is 0 Å². The lowest BCUT2D eigenvalue weighted by atomic mass is 10.2. The zero-order valence-corrected chi connectivity index (χ0v) is 8.76. The molecule has 0 radical (unpaired) electrons. The third-order valence-electron chi connectivity index (χ3n) is 2.01. The molecule has 1 rings (SSSR count). The van der Waals surface area contributed by atoms with E-state index in [1.165, 1.54) is 0 Å². The van der Waals surface area contributed by atoms with E-state index in [0.717, 1.165) is 6.07 Å². The monoisotopic (exact) mass is 269 g/mol. The fraction of sp³-hybridized carbons (Fsp3) is 0.300. The van der Waals surface area contributed by atoms with Gasteiger partial charge in [0.1, 0.15) is 11.6 Å². The van der Waals surface area contributed by atoms with Gasteiger partial charge in [0.25, 0.3) is 5.91 Å². The van der Waals surface area contributed by atoms with Gasteiger partial charge in [-0.25, -0.2) is 8.78 Å². The summed E-state index contributed by atoms with van der Waals surface area (Å²) < 4.78 is 61.5. The first-order valence-corrected chi connectivity index (χ1v) is 4.70. The number of rotatable bonds is 3. The van der Waals surface area contributed by atoms with Crippen LogP contribution in [-0.4, -0.2) is 29.8 Å². The molecular formula is C10H8F5NO2. The van der Waals surface area contributed by atoms with Gasteiger partial charge in [0.15, 0.2) is 6.10 Å². The Balaban J connectivity index is 2.69. The Labute approximate surface area is 98.2 Å². The Morgan fingerprint density at radius 1 is 1.33 bits per heavy atom. The second kappa shape index (κ2) is 5.30. The van der Waals surface area contributed by atoms with Crippen LogP contribution >= 0.6 is 0 Å². The van der Waals surface area contributed by atoms with Crippen LogP contribution in [0.5, 0.6) is 0 Å². The third kappa shape index (κ3) is 3.66. The smallest absolute Gasteiger partial charge is 0.382 e. The number of halogens is 5. The van der Waals surface area contributed by atoms with E-state index in [1.807, 2.05) is 0 Å². The number of aliphatic hydroxyl groups is 1. The first-order chi connectivity index (χ1) is 8.21. The maximum absolute atomic E-state index is 13.1. The highest BCUT2D eigenvalue weighted by Gasteiger charge is 2.38. The molecule has 3 nitrogen and oxygen atoms in total. The molecular weight excluding hydrogens is 261 g/mol. The summed E-state index contributed by atoms with van der Waals surface area (Å²) in [6, 6.07) is 1.98. The van der Waals surface area contributed by atoms with Crippen LogP contribution in [0.2, 0.25) is 0 Å². The Morgan fingerprint density at radius 3 is 2.50 bits per heavy atom. The molecule has 0 bridgehead atoms. The molecule has 0 aliphatic rings. The van der Waals surface area contributed by atoms with Crippen molar-refractivity contribution in [3.8, 4) is 0 Å². The number of hydrogen-bond donors (Lipinski definition) is 2. The Hall–Kier alpha value is -1.70. The minimum absolute atomic E-state index is 0.546. The molecule has 1 amide bonds. The predicted octanol–water partition coefficient (Wildman–Crippen LogP) is 1.62. The quantitative estimate of drug-likeness (QED) is 0.819. The average molecular weight is 269 g/mol. The summed E-state index contributed by atoms with van der Waals surface area (Å²) in [6.07, 6.45) is -7.66.